The molecule has 0 unspecified atom stereocenters. The predicted molar refractivity (Wildman–Crippen MR) is 92.7 cm³/mol. The molecule has 0 saturated heterocycles. The summed E-state index contributed by atoms with van der Waals surface area (Å²) in [5.41, 5.74) is 1.47. The number of thiophene rings is 1. The van der Waals surface area contributed by atoms with E-state index in [1.807, 2.05) is 30.3 Å². The first-order valence-corrected chi connectivity index (χ1v) is 9.35. The summed E-state index contributed by atoms with van der Waals surface area (Å²) in [5.74, 6) is -1.70. The number of carbonyl (C=O) groups is 1. The number of anilines is 1. The number of halogens is 1. The molecule has 0 aliphatic rings. The van der Waals surface area contributed by atoms with E-state index in [-0.39, 0.29) is 14.8 Å². The molecule has 0 bridgehead atoms. The van der Waals surface area contributed by atoms with Crippen molar-refractivity contribution in [2.75, 3.05) is 11.8 Å². The number of rotatable bonds is 5. The molecule has 0 aliphatic carbocycles. The van der Waals surface area contributed by atoms with E-state index in [4.69, 9.17) is 0 Å². The fourth-order valence-electron chi connectivity index (χ4n) is 2.16. The Morgan fingerprint density at radius 1 is 1.24 bits per heavy atom. The third-order valence-corrected chi connectivity index (χ3v) is 5.82. The molecular formula is C16H13FN2O4S2. The molecule has 0 fully saturated rings. The van der Waals surface area contributed by atoms with Crippen LogP contribution in [0.2, 0.25) is 0 Å². The number of carbonyl (C=O) groups excluding carboxylic acids is 1. The summed E-state index contributed by atoms with van der Waals surface area (Å²) in [6, 6.07) is 11.6. The van der Waals surface area contributed by atoms with Crippen LogP contribution in [0.3, 0.4) is 0 Å². The number of H-pyrrole nitrogens is 1. The molecule has 0 aliphatic heterocycles. The van der Waals surface area contributed by atoms with Crippen molar-refractivity contribution >= 4 is 32.3 Å². The largest absolute Gasteiger partial charge is 0.465 e. The molecule has 0 radical (unpaired) electrons. The van der Waals surface area contributed by atoms with Gasteiger partial charge < -0.3 is 9.72 Å². The van der Waals surface area contributed by atoms with E-state index in [1.54, 1.807) is 0 Å². The van der Waals surface area contributed by atoms with E-state index in [9.17, 15) is 17.6 Å². The molecule has 25 heavy (non-hydrogen) atoms. The molecule has 0 spiro atoms. The van der Waals surface area contributed by atoms with Crippen LogP contribution in [0.15, 0.2) is 53.6 Å². The summed E-state index contributed by atoms with van der Waals surface area (Å²) >= 11 is 0.667. The van der Waals surface area contributed by atoms with Crippen LogP contribution in [0.5, 0.6) is 0 Å². The molecule has 0 atom stereocenters. The Hall–Kier alpha value is -2.65. The van der Waals surface area contributed by atoms with E-state index in [0.717, 1.165) is 18.7 Å². The van der Waals surface area contributed by atoms with Gasteiger partial charge in [-0.25, -0.2) is 17.6 Å². The van der Waals surface area contributed by atoms with Crippen LogP contribution < -0.4 is 4.72 Å². The molecule has 6 nitrogen and oxygen atoms in total. The molecular weight excluding hydrogens is 367 g/mol. The van der Waals surface area contributed by atoms with E-state index in [0.29, 0.717) is 17.0 Å². The Morgan fingerprint density at radius 2 is 1.96 bits per heavy atom. The molecule has 1 aromatic carbocycles. The van der Waals surface area contributed by atoms with Gasteiger partial charge in [0.05, 0.1) is 7.11 Å². The Kier molecular flexibility index (Phi) is 4.60. The highest BCUT2D eigenvalue weighted by Gasteiger charge is 2.22. The summed E-state index contributed by atoms with van der Waals surface area (Å²) in [7, 11) is -2.80. The molecule has 9 heteroatoms. The fraction of sp³-hybridized carbons (Fsp3) is 0.0625. The average molecular weight is 380 g/mol. The maximum Gasteiger partial charge on any atom is 0.351 e. The first-order valence-electron chi connectivity index (χ1n) is 7.05. The fourth-order valence-corrected chi connectivity index (χ4v) is 4.29. The van der Waals surface area contributed by atoms with Gasteiger partial charge in [0.25, 0.3) is 10.0 Å². The first-order chi connectivity index (χ1) is 11.9. The van der Waals surface area contributed by atoms with Crippen LogP contribution in [0.1, 0.15) is 9.67 Å². The number of ether oxygens (including phenoxy) is 1. The molecule has 2 aromatic heterocycles. The lowest BCUT2D eigenvalue weighted by Gasteiger charge is -2.02. The summed E-state index contributed by atoms with van der Waals surface area (Å²) < 4.78 is 45.3. The van der Waals surface area contributed by atoms with Gasteiger partial charge in [-0.2, -0.15) is 0 Å². The number of benzene rings is 1. The number of sulfonamides is 1. The van der Waals surface area contributed by atoms with Crippen LogP contribution in [-0.2, 0) is 14.8 Å². The lowest BCUT2D eigenvalue weighted by molar-refractivity contribution is 0.0601. The average Bonchev–Trinajstić information content (AvgIpc) is 3.22. The van der Waals surface area contributed by atoms with Gasteiger partial charge in [0.15, 0.2) is 5.82 Å². The highest BCUT2D eigenvalue weighted by Crippen LogP contribution is 2.29. The third-order valence-electron chi connectivity index (χ3n) is 3.34. The monoisotopic (exact) mass is 380 g/mol. The van der Waals surface area contributed by atoms with Gasteiger partial charge in [-0.05, 0) is 11.6 Å². The Balaban J connectivity index is 1.86. The quantitative estimate of drug-likeness (QED) is 0.664. The molecule has 0 saturated carbocycles. The van der Waals surface area contributed by atoms with Gasteiger partial charge in [0.2, 0.25) is 0 Å². The summed E-state index contributed by atoms with van der Waals surface area (Å²) in [6.07, 6.45) is 1.34. The van der Waals surface area contributed by atoms with Gasteiger partial charge in [0.1, 0.15) is 14.8 Å². The van der Waals surface area contributed by atoms with Crippen molar-refractivity contribution in [3.63, 3.8) is 0 Å². The molecule has 130 valence electrons. The maximum atomic E-state index is 13.7. The number of esters is 1. The Morgan fingerprint density at radius 3 is 2.64 bits per heavy atom. The summed E-state index contributed by atoms with van der Waals surface area (Å²) in [4.78, 5) is 14.0. The molecule has 3 aromatic rings. The molecule has 2 N–H and O–H groups in total. The van der Waals surface area contributed by atoms with Gasteiger partial charge in [-0.1, -0.05) is 30.3 Å². The zero-order valence-electron chi connectivity index (χ0n) is 12.9. The number of hydrogen-bond acceptors (Lipinski definition) is 5. The van der Waals surface area contributed by atoms with Gasteiger partial charge in [0, 0.05) is 18.0 Å². The smallest absolute Gasteiger partial charge is 0.351 e. The second-order valence-corrected chi connectivity index (χ2v) is 7.73. The zero-order valence-corrected chi connectivity index (χ0v) is 14.6. The topological polar surface area (TPSA) is 88.3 Å². The molecule has 2 heterocycles. The minimum absolute atomic E-state index is 0.000204. The van der Waals surface area contributed by atoms with Crippen molar-refractivity contribution in [3.05, 3.63) is 59.4 Å². The van der Waals surface area contributed by atoms with E-state index < -0.39 is 21.8 Å². The number of aromatic nitrogens is 1. The summed E-state index contributed by atoms with van der Waals surface area (Å²) in [6.45, 7) is 0. The number of aromatic amines is 1. The first kappa shape index (κ1) is 17.2. The van der Waals surface area contributed by atoms with Gasteiger partial charge in [-0.15, -0.1) is 11.3 Å². The Labute approximate surface area is 147 Å². The molecule has 3 rings (SSSR count). The van der Waals surface area contributed by atoms with E-state index >= 15 is 0 Å². The summed E-state index contributed by atoms with van der Waals surface area (Å²) in [5, 5.41) is -0.0136. The van der Waals surface area contributed by atoms with Crippen LogP contribution >= 0.6 is 11.3 Å². The van der Waals surface area contributed by atoms with Crippen molar-refractivity contribution in [1.29, 1.82) is 0 Å². The van der Waals surface area contributed by atoms with Crippen molar-refractivity contribution < 1.29 is 22.3 Å². The Bertz CT molecular complexity index is 1010. The van der Waals surface area contributed by atoms with Crippen molar-refractivity contribution in [2.45, 2.75) is 4.90 Å². The highest BCUT2D eigenvalue weighted by molar-refractivity contribution is 7.93. The lowest BCUT2D eigenvalue weighted by atomic mass is 10.2. The number of hydrogen-bond donors (Lipinski definition) is 2. The van der Waals surface area contributed by atoms with Crippen LogP contribution in [0, 0.1) is 5.82 Å². The second-order valence-electron chi connectivity index (χ2n) is 5.00. The van der Waals surface area contributed by atoms with Gasteiger partial charge in [-0.3, -0.25) is 4.72 Å². The van der Waals surface area contributed by atoms with E-state index in [2.05, 4.69) is 14.4 Å². The molecule has 0 amide bonds. The van der Waals surface area contributed by atoms with Crippen molar-refractivity contribution in [1.82, 2.24) is 4.98 Å². The minimum Gasteiger partial charge on any atom is -0.465 e. The van der Waals surface area contributed by atoms with Crippen molar-refractivity contribution in [2.24, 2.45) is 0 Å². The number of methoxy groups -OCH3 is 1. The second kappa shape index (κ2) is 6.69. The van der Waals surface area contributed by atoms with Crippen LogP contribution in [-0.4, -0.2) is 26.5 Å². The maximum absolute atomic E-state index is 13.7. The number of nitrogens with one attached hydrogen (secondary N) is 2. The minimum atomic E-state index is -3.93. The van der Waals surface area contributed by atoms with Crippen LogP contribution in [0.4, 0.5) is 9.39 Å². The highest BCUT2D eigenvalue weighted by atomic mass is 32.2. The van der Waals surface area contributed by atoms with Crippen molar-refractivity contribution in [3.8, 4) is 11.3 Å². The van der Waals surface area contributed by atoms with Gasteiger partial charge >= 0.3 is 5.97 Å². The normalized spacial score (nSPS) is 11.3. The SMILES string of the molecule is COC(=O)c1sc(NS(=O)(=O)c2c[nH]c(-c3ccccc3)c2)cc1F. The predicted octanol–water partition coefficient (Wildman–Crippen LogP) is 3.47. The van der Waals surface area contributed by atoms with E-state index in [1.165, 1.54) is 12.3 Å². The lowest BCUT2D eigenvalue weighted by Crippen LogP contribution is -2.11. The third kappa shape index (κ3) is 3.57. The standard InChI is InChI=1S/C16H13FN2O4S2/c1-23-16(20)15-12(17)8-14(24-15)19-25(21,22)11-7-13(18-9-11)10-5-3-2-4-6-10/h2-9,18-19H,1H3. The zero-order chi connectivity index (χ0) is 18.0. The van der Waals surface area contributed by atoms with Crippen LogP contribution in [0.25, 0.3) is 11.3 Å².